The van der Waals surface area contributed by atoms with Crippen molar-refractivity contribution in [1.29, 1.82) is 0 Å². The molecule has 0 unspecified atom stereocenters. The van der Waals surface area contributed by atoms with Crippen molar-refractivity contribution in [3.8, 4) is 10.6 Å². The van der Waals surface area contributed by atoms with E-state index in [9.17, 15) is 0 Å². The molecule has 2 aromatic rings. The van der Waals surface area contributed by atoms with Gasteiger partial charge in [-0.25, -0.2) is 4.98 Å². The molecule has 4 nitrogen and oxygen atoms in total. The van der Waals surface area contributed by atoms with Crippen LogP contribution in [0.5, 0.6) is 0 Å². The summed E-state index contributed by atoms with van der Waals surface area (Å²) in [7, 11) is 1.79. The van der Waals surface area contributed by atoms with Crippen molar-refractivity contribution in [2.75, 3.05) is 12.4 Å². The summed E-state index contributed by atoms with van der Waals surface area (Å²) < 4.78 is 7.31. The average molecular weight is 228 g/mol. The van der Waals surface area contributed by atoms with E-state index in [0.717, 1.165) is 11.3 Å². The van der Waals surface area contributed by atoms with Crippen molar-refractivity contribution in [1.82, 2.24) is 15.2 Å². The van der Waals surface area contributed by atoms with E-state index >= 15 is 0 Å². The van der Waals surface area contributed by atoms with Crippen molar-refractivity contribution < 1.29 is 1.37 Å². The molecule has 0 amide bonds. The smallest absolute Gasteiger partial charge is 0.151 e. The van der Waals surface area contributed by atoms with E-state index in [1.165, 1.54) is 11.3 Å². The lowest BCUT2D eigenvalue weighted by molar-refractivity contribution is 1.09. The Labute approximate surface area is 91.4 Å². The summed E-state index contributed by atoms with van der Waals surface area (Å²) >= 11 is 6.97. The highest BCUT2D eigenvalue weighted by Crippen LogP contribution is 2.29. The van der Waals surface area contributed by atoms with Gasteiger partial charge in [0.1, 0.15) is 10.6 Å². The number of anilines is 1. The van der Waals surface area contributed by atoms with Crippen LogP contribution in [0.15, 0.2) is 17.7 Å². The standard InChI is InChI=1S/C8H7ClN4S/c1-10-6-2-7(9)11-3-5(6)8-13-12-4-14-8/h2-4H,1H3,(H,10,11)/i4D. The summed E-state index contributed by atoms with van der Waals surface area (Å²) in [4.78, 5) is 3.98. The lowest BCUT2D eigenvalue weighted by atomic mass is 10.2. The Kier molecular flexibility index (Phi) is 2.26. The molecule has 0 fully saturated rings. The molecule has 0 aliphatic carbocycles. The maximum absolute atomic E-state index is 7.31. The Morgan fingerprint density at radius 2 is 2.50 bits per heavy atom. The number of nitrogens with zero attached hydrogens (tertiary/aromatic N) is 3. The fourth-order valence-corrected chi connectivity index (χ4v) is 1.75. The topological polar surface area (TPSA) is 50.7 Å². The molecule has 0 aromatic carbocycles. The van der Waals surface area contributed by atoms with Gasteiger partial charge in [-0.3, -0.25) is 0 Å². The minimum absolute atomic E-state index is 0.182. The van der Waals surface area contributed by atoms with Gasteiger partial charge in [0, 0.05) is 18.9 Å². The van der Waals surface area contributed by atoms with Crippen LogP contribution in [0, 0.1) is 0 Å². The number of nitrogens with one attached hydrogen (secondary N) is 1. The van der Waals surface area contributed by atoms with Crippen molar-refractivity contribution >= 4 is 28.6 Å². The molecule has 0 aliphatic heterocycles. The normalized spacial score (nSPS) is 11.1. The molecule has 0 aliphatic rings. The number of hydrogen-bond donors (Lipinski definition) is 1. The second-order valence-corrected chi connectivity index (χ2v) is 3.66. The third-order valence-corrected chi connectivity index (χ3v) is 2.57. The molecular weight excluding hydrogens is 220 g/mol. The summed E-state index contributed by atoms with van der Waals surface area (Å²) in [5.41, 5.74) is 1.81. The Morgan fingerprint density at radius 1 is 1.64 bits per heavy atom. The molecule has 2 heterocycles. The summed E-state index contributed by atoms with van der Waals surface area (Å²) in [6.07, 6.45) is 1.62. The zero-order valence-electron chi connectivity index (χ0n) is 8.28. The van der Waals surface area contributed by atoms with Gasteiger partial charge in [0.05, 0.1) is 6.93 Å². The highest BCUT2D eigenvalue weighted by atomic mass is 35.5. The van der Waals surface area contributed by atoms with Gasteiger partial charge in [-0.2, -0.15) is 0 Å². The zero-order chi connectivity index (χ0) is 10.8. The molecule has 0 atom stereocenters. The first-order chi connectivity index (χ1) is 7.20. The van der Waals surface area contributed by atoms with Gasteiger partial charge in [0.15, 0.2) is 5.01 Å². The van der Waals surface area contributed by atoms with Crippen molar-refractivity contribution in [3.05, 3.63) is 22.9 Å². The minimum Gasteiger partial charge on any atom is -0.387 e. The van der Waals surface area contributed by atoms with Crippen LogP contribution in [0.25, 0.3) is 10.6 Å². The summed E-state index contributed by atoms with van der Waals surface area (Å²) in [6, 6.07) is 1.71. The number of hydrogen-bond acceptors (Lipinski definition) is 5. The maximum atomic E-state index is 7.31. The fourth-order valence-electron chi connectivity index (χ4n) is 1.07. The third-order valence-electron chi connectivity index (χ3n) is 1.69. The summed E-state index contributed by atoms with van der Waals surface area (Å²) in [5, 5.41) is 11.6. The first-order valence-corrected chi connectivity index (χ1v) is 5.04. The van der Waals surface area contributed by atoms with Crippen molar-refractivity contribution in [2.24, 2.45) is 0 Å². The van der Waals surface area contributed by atoms with E-state index < -0.39 is 0 Å². The van der Waals surface area contributed by atoms with Crippen LogP contribution in [0.2, 0.25) is 5.15 Å². The van der Waals surface area contributed by atoms with Crippen LogP contribution in [-0.2, 0) is 0 Å². The molecule has 0 saturated heterocycles. The maximum Gasteiger partial charge on any atom is 0.151 e. The van der Waals surface area contributed by atoms with Crippen LogP contribution in [-0.4, -0.2) is 22.2 Å². The molecule has 6 heteroatoms. The summed E-state index contributed by atoms with van der Waals surface area (Å²) in [6.45, 7) is 0. The van der Waals surface area contributed by atoms with Gasteiger partial charge in [0.25, 0.3) is 0 Å². The van der Waals surface area contributed by atoms with Crippen LogP contribution in [0.4, 0.5) is 5.69 Å². The average Bonchev–Trinajstić information content (AvgIpc) is 2.64. The van der Waals surface area contributed by atoms with E-state index in [1.54, 1.807) is 19.3 Å². The third kappa shape index (κ3) is 1.69. The molecule has 0 spiro atoms. The Bertz CT molecular complexity index is 487. The van der Waals surface area contributed by atoms with E-state index in [-0.39, 0.29) is 5.49 Å². The van der Waals surface area contributed by atoms with E-state index in [0.29, 0.717) is 10.2 Å². The Hall–Kier alpha value is -1.20. The largest absolute Gasteiger partial charge is 0.387 e. The molecule has 1 N–H and O–H groups in total. The van der Waals surface area contributed by atoms with Gasteiger partial charge in [-0.05, 0) is 6.07 Å². The fraction of sp³-hybridized carbons (Fsp3) is 0.125. The Balaban J connectivity index is 2.52. The molecular formula is C8H7ClN4S. The van der Waals surface area contributed by atoms with Crippen molar-refractivity contribution in [3.63, 3.8) is 0 Å². The van der Waals surface area contributed by atoms with E-state index in [1.807, 2.05) is 0 Å². The van der Waals surface area contributed by atoms with Crippen molar-refractivity contribution in [2.45, 2.75) is 0 Å². The van der Waals surface area contributed by atoms with E-state index in [2.05, 4.69) is 20.5 Å². The number of aromatic nitrogens is 3. The SMILES string of the molecule is [2H]c1nnc(-c2cnc(Cl)cc2NC)s1. The van der Waals surface area contributed by atoms with Gasteiger partial charge in [-0.1, -0.05) is 22.9 Å². The van der Waals surface area contributed by atoms with Gasteiger partial charge < -0.3 is 5.32 Å². The molecule has 14 heavy (non-hydrogen) atoms. The first kappa shape index (κ1) is 8.14. The minimum atomic E-state index is 0.182. The zero-order valence-corrected chi connectivity index (χ0v) is 8.85. The molecule has 72 valence electrons. The quantitative estimate of drug-likeness (QED) is 0.800. The molecule has 0 saturated carbocycles. The second kappa shape index (κ2) is 3.89. The number of pyridine rings is 1. The predicted octanol–water partition coefficient (Wildman–Crippen LogP) is 2.30. The molecule has 2 rings (SSSR count). The van der Waals surface area contributed by atoms with Gasteiger partial charge in [-0.15, -0.1) is 10.2 Å². The lowest BCUT2D eigenvalue weighted by Gasteiger charge is -2.05. The van der Waals surface area contributed by atoms with Crippen LogP contribution in [0.1, 0.15) is 1.37 Å². The molecule has 2 aromatic heterocycles. The summed E-state index contributed by atoms with van der Waals surface area (Å²) in [5.74, 6) is 0. The predicted molar refractivity (Wildman–Crippen MR) is 57.7 cm³/mol. The highest BCUT2D eigenvalue weighted by Gasteiger charge is 2.08. The second-order valence-electron chi connectivity index (χ2n) is 2.50. The monoisotopic (exact) mass is 227 g/mol. The number of rotatable bonds is 2. The number of halogens is 1. The lowest BCUT2D eigenvalue weighted by Crippen LogP contribution is -1.93. The van der Waals surface area contributed by atoms with E-state index in [4.69, 9.17) is 13.0 Å². The van der Waals surface area contributed by atoms with Crippen LogP contribution in [0.3, 0.4) is 0 Å². The van der Waals surface area contributed by atoms with Gasteiger partial charge >= 0.3 is 0 Å². The molecule has 0 bridgehead atoms. The van der Waals surface area contributed by atoms with Crippen LogP contribution >= 0.6 is 22.9 Å². The van der Waals surface area contributed by atoms with Gasteiger partial charge in [0.2, 0.25) is 0 Å². The van der Waals surface area contributed by atoms with Crippen LogP contribution < -0.4 is 5.32 Å². The molecule has 0 radical (unpaired) electrons. The first-order valence-electron chi connectivity index (χ1n) is 4.34. The highest BCUT2D eigenvalue weighted by molar-refractivity contribution is 7.12. The Morgan fingerprint density at radius 3 is 3.14 bits per heavy atom.